The van der Waals surface area contributed by atoms with Gasteiger partial charge >= 0.3 is 0 Å². The molecule has 0 radical (unpaired) electrons. The van der Waals surface area contributed by atoms with Crippen LogP contribution in [-0.4, -0.2) is 32.1 Å². The van der Waals surface area contributed by atoms with E-state index in [4.69, 9.17) is 0 Å². The zero-order valence-electron chi connectivity index (χ0n) is 12.0. The molecular weight excluding hydrogens is 302 g/mol. The highest BCUT2D eigenvalue weighted by atomic mass is 32.1. The number of carbonyl (C=O) groups excluding carboxylic acids is 1. The molecule has 0 aromatic carbocycles. The lowest BCUT2D eigenvalue weighted by molar-refractivity contribution is 0.0918. The van der Waals surface area contributed by atoms with Crippen molar-refractivity contribution in [1.82, 2.24) is 15.3 Å². The Kier molecular flexibility index (Phi) is 4.24. The molecule has 22 heavy (non-hydrogen) atoms. The van der Waals surface area contributed by atoms with Crippen LogP contribution in [-0.2, 0) is 0 Å². The molecule has 7 heteroatoms. The number of amides is 1. The van der Waals surface area contributed by atoms with Crippen LogP contribution in [0.3, 0.4) is 0 Å². The van der Waals surface area contributed by atoms with E-state index in [-0.39, 0.29) is 17.6 Å². The van der Waals surface area contributed by atoms with Gasteiger partial charge < -0.3 is 15.5 Å². The number of hydrogen-bond acceptors (Lipinski definition) is 6. The lowest BCUT2D eigenvalue weighted by Gasteiger charge is -2.22. The van der Waals surface area contributed by atoms with Gasteiger partial charge in [-0.25, -0.2) is 4.98 Å². The Morgan fingerprint density at radius 1 is 1.23 bits per heavy atom. The van der Waals surface area contributed by atoms with Crippen molar-refractivity contribution in [2.24, 2.45) is 0 Å². The highest BCUT2D eigenvalue weighted by molar-refractivity contribution is 7.13. The molecule has 1 aliphatic rings. The SMILES string of the molecule is O=C(NC1CCCCC1)c1nc(-c2cccs2)nc(O)c1O. The van der Waals surface area contributed by atoms with Gasteiger partial charge in [-0.1, -0.05) is 25.3 Å². The summed E-state index contributed by atoms with van der Waals surface area (Å²) in [5.74, 6) is -1.39. The predicted octanol–water partition coefficient (Wildman–Crippen LogP) is 2.68. The van der Waals surface area contributed by atoms with Crippen molar-refractivity contribution in [3.63, 3.8) is 0 Å². The molecule has 0 aliphatic heterocycles. The minimum atomic E-state index is -0.577. The van der Waals surface area contributed by atoms with E-state index in [9.17, 15) is 15.0 Å². The van der Waals surface area contributed by atoms with Gasteiger partial charge in [0.05, 0.1) is 4.88 Å². The van der Waals surface area contributed by atoms with Crippen molar-refractivity contribution in [3.8, 4) is 22.3 Å². The minimum absolute atomic E-state index is 0.0999. The monoisotopic (exact) mass is 319 g/mol. The molecule has 2 heterocycles. The van der Waals surface area contributed by atoms with Gasteiger partial charge in [0, 0.05) is 6.04 Å². The molecule has 1 saturated carbocycles. The summed E-state index contributed by atoms with van der Waals surface area (Å²) >= 11 is 1.40. The van der Waals surface area contributed by atoms with Crippen LogP contribution in [0, 0.1) is 0 Å². The Bertz CT molecular complexity index is 667. The first-order valence-corrected chi connectivity index (χ1v) is 8.18. The van der Waals surface area contributed by atoms with Crippen LogP contribution in [0.1, 0.15) is 42.6 Å². The first-order valence-electron chi connectivity index (χ1n) is 7.30. The van der Waals surface area contributed by atoms with Crippen molar-refractivity contribution < 1.29 is 15.0 Å². The van der Waals surface area contributed by atoms with Crippen molar-refractivity contribution in [3.05, 3.63) is 23.2 Å². The van der Waals surface area contributed by atoms with Crippen LogP contribution in [0.15, 0.2) is 17.5 Å². The molecule has 0 spiro atoms. The maximum atomic E-state index is 12.3. The number of nitrogens with one attached hydrogen (secondary N) is 1. The van der Waals surface area contributed by atoms with E-state index >= 15 is 0 Å². The largest absolute Gasteiger partial charge is 0.501 e. The summed E-state index contributed by atoms with van der Waals surface area (Å²) in [6.07, 6.45) is 5.23. The van der Waals surface area contributed by atoms with E-state index in [0.29, 0.717) is 0 Å². The summed E-state index contributed by atoms with van der Waals surface area (Å²) in [7, 11) is 0. The molecule has 3 rings (SSSR count). The van der Waals surface area contributed by atoms with Gasteiger partial charge in [-0.3, -0.25) is 4.79 Å². The van der Waals surface area contributed by atoms with Crippen molar-refractivity contribution in [1.29, 1.82) is 0 Å². The van der Waals surface area contributed by atoms with Crippen molar-refractivity contribution in [2.45, 2.75) is 38.1 Å². The van der Waals surface area contributed by atoms with Crippen LogP contribution in [0.5, 0.6) is 11.6 Å². The molecule has 3 N–H and O–H groups in total. The fourth-order valence-corrected chi connectivity index (χ4v) is 3.28. The first kappa shape index (κ1) is 14.8. The van der Waals surface area contributed by atoms with E-state index in [1.54, 1.807) is 6.07 Å². The maximum Gasteiger partial charge on any atom is 0.274 e. The number of nitrogens with zero attached hydrogens (tertiary/aromatic N) is 2. The quantitative estimate of drug-likeness (QED) is 0.808. The highest BCUT2D eigenvalue weighted by Crippen LogP contribution is 2.30. The van der Waals surface area contributed by atoms with Gasteiger partial charge in [-0.05, 0) is 24.3 Å². The minimum Gasteiger partial charge on any atom is -0.501 e. The third-order valence-electron chi connectivity index (χ3n) is 3.76. The summed E-state index contributed by atoms with van der Waals surface area (Å²) in [6.45, 7) is 0. The van der Waals surface area contributed by atoms with E-state index in [2.05, 4.69) is 15.3 Å². The van der Waals surface area contributed by atoms with Crippen LogP contribution in [0.2, 0.25) is 0 Å². The fourth-order valence-electron chi connectivity index (χ4n) is 2.62. The number of carbonyl (C=O) groups is 1. The summed E-state index contributed by atoms with van der Waals surface area (Å²) in [4.78, 5) is 21.0. The molecule has 2 aromatic rings. The molecule has 1 aliphatic carbocycles. The summed E-state index contributed by atoms with van der Waals surface area (Å²) < 4.78 is 0. The molecule has 116 valence electrons. The molecule has 2 aromatic heterocycles. The number of rotatable bonds is 3. The highest BCUT2D eigenvalue weighted by Gasteiger charge is 2.23. The number of thiophene rings is 1. The molecule has 0 unspecified atom stereocenters. The molecule has 6 nitrogen and oxygen atoms in total. The Labute approximate surface area is 131 Å². The molecule has 0 atom stereocenters. The van der Waals surface area contributed by atoms with Crippen molar-refractivity contribution in [2.75, 3.05) is 0 Å². The van der Waals surface area contributed by atoms with E-state index in [1.165, 1.54) is 17.8 Å². The smallest absolute Gasteiger partial charge is 0.274 e. The van der Waals surface area contributed by atoms with Gasteiger partial charge in [-0.2, -0.15) is 4.98 Å². The summed E-state index contributed by atoms with van der Waals surface area (Å²) in [6, 6.07) is 3.72. The standard InChI is InChI=1S/C15H17N3O3S/c19-12-11(14(20)16-9-5-2-1-3-6-9)17-13(18-15(12)21)10-7-4-8-22-10/h4,7-9,19H,1-3,5-6H2,(H,16,20)(H,17,18,21). The lowest BCUT2D eigenvalue weighted by atomic mass is 9.95. The second-order valence-electron chi connectivity index (χ2n) is 5.35. The summed E-state index contributed by atoms with van der Waals surface area (Å²) in [5.41, 5.74) is -0.179. The second kappa shape index (κ2) is 6.31. The predicted molar refractivity (Wildman–Crippen MR) is 83.0 cm³/mol. The van der Waals surface area contributed by atoms with Crippen LogP contribution in [0.4, 0.5) is 0 Å². The van der Waals surface area contributed by atoms with E-state index in [1.807, 2.05) is 11.4 Å². The molecule has 1 fully saturated rings. The van der Waals surface area contributed by atoms with Gasteiger partial charge in [0.2, 0.25) is 5.75 Å². The fraction of sp³-hybridized carbons (Fsp3) is 0.400. The normalized spacial score (nSPS) is 15.6. The van der Waals surface area contributed by atoms with E-state index in [0.717, 1.165) is 30.6 Å². The number of hydrogen-bond donors (Lipinski definition) is 3. The topological polar surface area (TPSA) is 95.3 Å². The average molecular weight is 319 g/mol. The van der Waals surface area contributed by atoms with Gasteiger partial charge in [0.15, 0.2) is 11.5 Å². The third-order valence-corrected chi connectivity index (χ3v) is 4.63. The Morgan fingerprint density at radius 2 is 2.00 bits per heavy atom. The second-order valence-corrected chi connectivity index (χ2v) is 6.30. The number of aromatic hydroxyl groups is 2. The zero-order chi connectivity index (χ0) is 15.5. The van der Waals surface area contributed by atoms with Crippen LogP contribution < -0.4 is 5.32 Å². The Balaban J connectivity index is 1.86. The summed E-state index contributed by atoms with van der Waals surface area (Å²) in [5, 5.41) is 24.4. The van der Waals surface area contributed by atoms with Crippen LogP contribution >= 0.6 is 11.3 Å². The average Bonchev–Trinajstić information content (AvgIpc) is 3.05. The first-order chi connectivity index (χ1) is 10.6. The van der Waals surface area contributed by atoms with Crippen molar-refractivity contribution >= 4 is 17.2 Å². The maximum absolute atomic E-state index is 12.3. The Morgan fingerprint density at radius 3 is 2.68 bits per heavy atom. The van der Waals surface area contributed by atoms with Gasteiger partial charge in [-0.15, -0.1) is 11.3 Å². The van der Waals surface area contributed by atoms with E-state index < -0.39 is 17.5 Å². The molecule has 0 saturated heterocycles. The third kappa shape index (κ3) is 3.04. The molecular formula is C15H17N3O3S. The van der Waals surface area contributed by atoms with Gasteiger partial charge in [0.1, 0.15) is 0 Å². The molecule has 1 amide bonds. The number of aromatic nitrogens is 2. The Hall–Kier alpha value is -2.15. The zero-order valence-corrected chi connectivity index (χ0v) is 12.8. The van der Waals surface area contributed by atoms with Crippen LogP contribution in [0.25, 0.3) is 10.7 Å². The molecule has 0 bridgehead atoms. The lowest BCUT2D eigenvalue weighted by Crippen LogP contribution is -2.36. The van der Waals surface area contributed by atoms with Gasteiger partial charge in [0.25, 0.3) is 11.8 Å².